The van der Waals surface area contributed by atoms with Crippen molar-refractivity contribution in [1.82, 2.24) is 0 Å². The fourth-order valence-corrected chi connectivity index (χ4v) is 2.64. The molecule has 2 aromatic rings. The molecule has 3 rings (SSSR count). The Bertz CT molecular complexity index is 914. The smallest absolute Gasteiger partial charge is 0.486 e. The normalized spacial score (nSPS) is 13.9. The highest BCUT2D eigenvalue weighted by molar-refractivity contribution is 5.95. The van der Waals surface area contributed by atoms with Gasteiger partial charge in [0.05, 0.1) is 6.42 Å². The summed E-state index contributed by atoms with van der Waals surface area (Å²) in [5.74, 6) is -0.536. The molecule has 0 spiro atoms. The van der Waals surface area contributed by atoms with E-state index in [-0.39, 0.29) is 12.1 Å². The predicted molar refractivity (Wildman–Crippen MR) is 98.4 cm³/mol. The largest absolute Gasteiger partial charge is 0.573 e. The summed E-state index contributed by atoms with van der Waals surface area (Å²) in [5, 5.41) is 2.45. The maximum Gasteiger partial charge on any atom is 0.573 e. The topological polar surface area (TPSA) is 83.1 Å². The van der Waals surface area contributed by atoms with Crippen molar-refractivity contribution in [1.29, 1.82) is 0 Å². The lowest BCUT2D eigenvalue weighted by atomic mass is 10.1. The molecule has 30 heavy (non-hydrogen) atoms. The SMILES string of the molecule is CC(OC(=O)Cc1ccc2c(c1)OCCO2)C(=O)Nc1ccc(OC(F)(F)F)cc1. The first kappa shape index (κ1) is 21.3. The average molecular weight is 425 g/mol. The molecule has 1 aliphatic heterocycles. The van der Waals surface area contributed by atoms with Crippen molar-refractivity contribution in [3.63, 3.8) is 0 Å². The van der Waals surface area contributed by atoms with Gasteiger partial charge in [-0.05, 0) is 48.9 Å². The molecule has 1 aliphatic rings. The first-order valence-corrected chi connectivity index (χ1v) is 8.94. The molecule has 160 valence electrons. The van der Waals surface area contributed by atoms with E-state index in [1.54, 1.807) is 18.2 Å². The zero-order chi connectivity index (χ0) is 21.7. The molecule has 1 heterocycles. The molecule has 7 nitrogen and oxygen atoms in total. The van der Waals surface area contributed by atoms with Gasteiger partial charge >= 0.3 is 12.3 Å². The van der Waals surface area contributed by atoms with Crippen LogP contribution in [0.4, 0.5) is 18.9 Å². The highest BCUT2D eigenvalue weighted by Gasteiger charge is 2.31. The molecule has 0 aliphatic carbocycles. The van der Waals surface area contributed by atoms with Gasteiger partial charge in [-0.15, -0.1) is 13.2 Å². The number of fused-ring (bicyclic) bond motifs is 1. The van der Waals surface area contributed by atoms with Gasteiger partial charge in [-0.25, -0.2) is 0 Å². The summed E-state index contributed by atoms with van der Waals surface area (Å²) in [5.41, 5.74) is 0.862. The van der Waals surface area contributed by atoms with Crippen LogP contribution in [0.5, 0.6) is 17.2 Å². The summed E-state index contributed by atoms with van der Waals surface area (Å²) in [6.45, 7) is 2.26. The molecular formula is C20H18F3NO6. The van der Waals surface area contributed by atoms with Gasteiger partial charge in [0.1, 0.15) is 19.0 Å². The molecule has 1 amide bonds. The third-order valence-electron chi connectivity index (χ3n) is 3.99. The molecule has 0 saturated carbocycles. The Kier molecular flexibility index (Phi) is 6.34. The first-order valence-electron chi connectivity index (χ1n) is 8.94. The number of benzene rings is 2. The molecule has 1 atom stereocenters. The number of carbonyl (C=O) groups is 2. The summed E-state index contributed by atoms with van der Waals surface area (Å²) < 4.78 is 56.2. The lowest BCUT2D eigenvalue weighted by Crippen LogP contribution is -2.30. The van der Waals surface area contributed by atoms with Gasteiger partial charge in [-0.3, -0.25) is 9.59 Å². The number of halogens is 3. The summed E-state index contributed by atoms with van der Waals surface area (Å²) in [4.78, 5) is 24.3. The number of anilines is 1. The van der Waals surface area contributed by atoms with Crippen molar-refractivity contribution in [2.75, 3.05) is 18.5 Å². The van der Waals surface area contributed by atoms with Crippen LogP contribution in [0.15, 0.2) is 42.5 Å². The van der Waals surface area contributed by atoms with Gasteiger partial charge in [0.25, 0.3) is 5.91 Å². The van der Waals surface area contributed by atoms with Crippen LogP contribution >= 0.6 is 0 Å². The maximum absolute atomic E-state index is 12.2. The first-order chi connectivity index (χ1) is 14.2. The number of amides is 1. The molecular weight excluding hydrogens is 407 g/mol. The minimum atomic E-state index is -4.80. The number of esters is 1. The lowest BCUT2D eigenvalue weighted by molar-refractivity contribution is -0.274. The van der Waals surface area contributed by atoms with Crippen LogP contribution in [0.25, 0.3) is 0 Å². The number of ether oxygens (including phenoxy) is 4. The summed E-state index contributed by atoms with van der Waals surface area (Å²) >= 11 is 0. The van der Waals surface area contributed by atoms with Crippen molar-refractivity contribution in [2.24, 2.45) is 0 Å². The minimum absolute atomic E-state index is 0.0717. The average Bonchev–Trinajstić information content (AvgIpc) is 2.68. The standard InChI is InChI=1S/C20H18F3NO6/c1-12(19(26)24-14-3-5-15(6-4-14)30-20(21,22)23)29-18(25)11-13-2-7-16-17(10-13)28-9-8-27-16/h2-7,10,12H,8-9,11H2,1H3,(H,24,26). The monoisotopic (exact) mass is 425 g/mol. The van der Waals surface area contributed by atoms with Gasteiger partial charge in [0.2, 0.25) is 0 Å². The molecule has 0 aromatic heterocycles. The van der Waals surface area contributed by atoms with E-state index in [1.165, 1.54) is 19.1 Å². The van der Waals surface area contributed by atoms with Crippen molar-refractivity contribution in [2.45, 2.75) is 25.8 Å². The van der Waals surface area contributed by atoms with E-state index in [2.05, 4.69) is 10.1 Å². The third-order valence-corrected chi connectivity index (χ3v) is 3.99. The number of hydrogen-bond acceptors (Lipinski definition) is 6. The van der Waals surface area contributed by atoms with Crippen molar-refractivity contribution in [3.05, 3.63) is 48.0 Å². The lowest BCUT2D eigenvalue weighted by Gasteiger charge is -2.19. The summed E-state index contributed by atoms with van der Waals surface area (Å²) in [6, 6.07) is 9.66. The number of rotatable bonds is 6. The Hall–Kier alpha value is -3.43. The Morgan fingerprint density at radius 1 is 1.07 bits per heavy atom. The van der Waals surface area contributed by atoms with Gasteiger partial charge in [-0.1, -0.05) is 6.07 Å². The number of alkyl halides is 3. The van der Waals surface area contributed by atoms with E-state index in [0.29, 0.717) is 30.3 Å². The quantitative estimate of drug-likeness (QED) is 0.714. The fraction of sp³-hybridized carbons (Fsp3) is 0.300. The van der Waals surface area contributed by atoms with Crippen LogP contribution < -0.4 is 19.5 Å². The predicted octanol–water partition coefficient (Wildman–Crippen LogP) is 3.47. The molecule has 1 unspecified atom stereocenters. The van der Waals surface area contributed by atoms with E-state index < -0.39 is 30.1 Å². The Labute approximate surface area is 169 Å². The van der Waals surface area contributed by atoms with Gasteiger partial charge in [0, 0.05) is 5.69 Å². The van der Waals surface area contributed by atoms with Gasteiger partial charge in [-0.2, -0.15) is 0 Å². The van der Waals surface area contributed by atoms with Crippen molar-refractivity contribution in [3.8, 4) is 17.2 Å². The van der Waals surface area contributed by atoms with Crippen LogP contribution in [0.3, 0.4) is 0 Å². The maximum atomic E-state index is 12.2. The molecule has 2 aromatic carbocycles. The number of nitrogens with one attached hydrogen (secondary N) is 1. The third kappa shape index (κ3) is 6.03. The zero-order valence-corrected chi connectivity index (χ0v) is 15.8. The highest BCUT2D eigenvalue weighted by Crippen LogP contribution is 2.31. The van der Waals surface area contributed by atoms with Crippen molar-refractivity contribution >= 4 is 17.6 Å². The van der Waals surface area contributed by atoms with E-state index in [0.717, 1.165) is 12.1 Å². The van der Waals surface area contributed by atoms with Crippen LogP contribution in [-0.2, 0) is 20.7 Å². The van der Waals surface area contributed by atoms with Gasteiger partial charge < -0.3 is 24.3 Å². The van der Waals surface area contributed by atoms with Crippen molar-refractivity contribution < 1.29 is 41.7 Å². The second-order valence-electron chi connectivity index (χ2n) is 6.35. The Morgan fingerprint density at radius 2 is 1.73 bits per heavy atom. The second kappa shape index (κ2) is 8.93. The molecule has 10 heteroatoms. The molecule has 0 bridgehead atoms. The minimum Gasteiger partial charge on any atom is -0.486 e. The van der Waals surface area contributed by atoms with Crippen LogP contribution in [0.2, 0.25) is 0 Å². The zero-order valence-electron chi connectivity index (χ0n) is 15.8. The Morgan fingerprint density at radius 3 is 2.40 bits per heavy atom. The number of carbonyl (C=O) groups excluding carboxylic acids is 2. The summed E-state index contributed by atoms with van der Waals surface area (Å²) in [6.07, 6.45) is -5.98. The molecule has 0 saturated heterocycles. The van der Waals surface area contributed by atoms with Gasteiger partial charge in [0.15, 0.2) is 17.6 Å². The van der Waals surface area contributed by atoms with E-state index in [1.807, 2.05) is 0 Å². The van der Waals surface area contributed by atoms with E-state index in [9.17, 15) is 22.8 Å². The Balaban J connectivity index is 1.50. The molecule has 1 N–H and O–H groups in total. The summed E-state index contributed by atoms with van der Waals surface area (Å²) in [7, 11) is 0. The number of hydrogen-bond donors (Lipinski definition) is 1. The second-order valence-corrected chi connectivity index (χ2v) is 6.35. The molecule has 0 fully saturated rings. The van der Waals surface area contributed by atoms with Crippen LogP contribution in [-0.4, -0.2) is 37.6 Å². The molecule has 0 radical (unpaired) electrons. The fourth-order valence-electron chi connectivity index (χ4n) is 2.64. The van der Waals surface area contributed by atoms with Crippen LogP contribution in [0.1, 0.15) is 12.5 Å². The highest BCUT2D eigenvalue weighted by atomic mass is 19.4. The van der Waals surface area contributed by atoms with Crippen LogP contribution in [0, 0.1) is 0 Å². The van der Waals surface area contributed by atoms with E-state index >= 15 is 0 Å². The van der Waals surface area contributed by atoms with E-state index in [4.69, 9.17) is 14.2 Å².